The zero-order chi connectivity index (χ0) is 21.8. The topological polar surface area (TPSA) is 87.0 Å². The SMILES string of the molecule is O=C(c1ccc([N+](=O)[O-])cc1)N1CCN([C@@H](C(=O)N2CCCCC2)C2CCCC2)CC1. The molecule has 1 aromatic carbocycles. The molecule has 2 amide bonds. The van der Waals surface area contributed by atoms with Gasteiger partial charge in [0.25, 0.3) is 11.6 Å². The fourth-order valence-electron chi connectivity index (χ4n) is 5.34. The van der Waals surface area contributed by atoms with Gasteiger partial charge in [0.05, 0.1) is 11.0 Å². The first-order valence-electron chi connectivity index (χ1n) is 11.6. The molecule has 2 heterocycles. The Morgan fingerprint density at radius 3 is 2.03 bits per heavy atom. The minimum Gasteiger partial charge on any atom is -0.341 e. The first-order valence-corrected chi connectivity index (χ1v) is 11.6. The largest absolute Gasteiger partial charge is 0.341 e. The van der Waals surface area contributed by atoms with E-state index in [1.54, 1.807) is 4.90 Å². The lowest BCUT2D eigenvalue weighted by molar-refractivity contribution is -0.384. The molecule has 1 atom stereocenters. The van der Waals surface area contributed by atoms with Crippen molar-refractivity contribution in [1.82, 2.24) is 14.7 Å². The van der Waals surface area contributed by atoms with Crippen molar-refractivity contribution in [2.45, 2.75) is 51.0 Å². The molecule has 3 fully saturated rings. The van der Waals surface area contributed by atoms with Crippen LogP contribution in [0.4, 0.5) is 5.69 Å². The third-order valence-corrected chi connectivity index (χ3v) is 7.09. The Bertz CT molecular complexity index is 792. The number of benzene rings is 1. The van der Waals surface area contributed by atoms with Gasteiger partial charge in [-0.2, -0.15) is 0 Å². The molecule has 31 heavy (non-hydrogen) atoms. The second-order valence-corrected chi connectivity index (χ2v) is 9.01. The first kappa shape index (κ1) is 21.7. The van der Waals surface area contributed by atoms with Crippen molar-refractivity contribution in [3.05, 3.63) is 39.9 Å². The summed E-state index contributed by atoms with van der Waals surface area (Å²) < 4.78 is 0. The molecule has 0 radical (unpaired) electrons. The van der Waals surface area contributed by atoms with Crippen LogP contribution in [-0.2, 0) is 4.79 Å². The summed E-state index contributed by atoms with van der Waals surface area (Å²) >= 11 is 0. The number of carbonyl (C=O) groups is 2. The third-order valence-electron chi connectivity index (χ3n) is 7.09. The number of rotatable bonds is 5. The highest BCUT2D eigenvalue weighted by Crippen LogP contribution is 2.32. The van der Waals surface area contributed by atoms with Gasteiger partial charge in [-0.25, -0.2) is 0 Å². The molecule has 168 valence electrons. The summed E-state index contributed by atoms with van der Waals surface area (Å²) in [5.41, 5.74) is 0.452. The summed E-state index contributed by atoms with van der Waals surface area (Å²) in [7, 11) is 0. The molecule has 4 rings (SSSR count). The molecule has 0 unspecified atom stereocenters. The average molecular weight is 429 g/mol. The number of nitro groups is 1. The summed E-state index contributed by atoms with van der Waals surface area (Å²) in [4.78, 5) is 42.9. The maximum absolute atomic E-state index is 13.5. The molecular formula is C23H32N4O4. The van der Waals surface area contributed by atoms with E-state index in [2.05, 4.69) is 9.80 Å². The number of piperidine rings is 1. The van der Waals surface area contributed by atoms with Gasteiger partial charge in [-0.15, -0.1) is 0 Å². The van der Waals surface area contributed by atoms with Crippen molar-refractivity contribution >= 4 is 17.5 Å². The second-order valence-electron chi connectivity index (χ2n) is 9.01. The molecule has 2 aliphatic heterocycles. The Morgan fingerprint density at radius 1 is 0.839 bits per heavy atom. The van der Waals surface area contributed by atoms with Gasteiger partial charge < -0.3 is 9.80 Å². The van der Waals surface area contributed by atoms with Gasteiger partial charge in [0, 0.05) is 57.0 Å². The number of amides is 2. The first-order chi connectivity index (χ1) is 15.0. The molecule has 0 spiro atoms. The predicted molar refractivity (Wildman–Crippen MR) is 117 cm³/mol. The van der Waals surface area contributed by atoms with E-state index in [0.717, 1.165) is 38.8 Å². The van der Waals surface area contributed by atoms with Gasteiger partial charge in [0.15, 0.2) is 0 Å². The maximum atomic E-state index is 13.5. The molecule has 0 N–H and O–H groups in total. The normalized spacial score (nSPS) is 21.8. The van der Waals surface area contributed by atoms with E-state index in [0.29, 0.717) is 43.6 Å². The van der Waals surface area contributed by atoms with Crippen LogP contribution in [0.3, 0.4) is 0 Å². The monoisotopic (exact) mass is 428 g/mol. The Morgan fingerprint density at radius 2 is 1.45 bits per heavy atom. The maximum Gasteiger partial charge on any atom is 0.269 e. The predicted octanol–water partition coefficient (Wildman–Crippen LogP) is 2.92. The molecule has 0 aromatic heterocycles. The quantitative estimate of drug-likeness (QED) is 0.532. The Labute approximate surface area is 183 Å². The van der Waals surface area contributed by atoms with E-state index in [4.69, 9.17) is 0 Å². The minimum atomic E-state index is -0.463. The fourth-order valence-corrected chi connectivity index (χ4v) is 5.34. The summed E-state index contributed by atoms with van der Waals surface area (Å²) in [5.74, 6) is 0.613. The van der Waals surface area contributed by atoms with Gasteiger partial charge in [-0.1, -0.05) is 12.8 Å². The lowest BCUT2D eigenvalue weighted by Gasteiger charge is -2.43. The van der Waals surface area contributed by atoms with Crippen LogP contribution < -0.4 is 0 Å². The van der Waals surface area contributed by atoms with Crippen molar-refractivity contribution in [2.75, 3.05) is 39.3 Å². The summed E-state index contributed by atoms with van der Waals surface area (Å²) in [5, 5.41) is 10.8. The van der Waals surface area contributed by atoms with Crippen molar-refractivity contribution in [3.8, 4) is 0 Å². The average Bonchev–Trinajstić information content (AvgIpc) is 3.34. The molecule has 3 aliphatic rings. The number of hydrogen-bond acceptors (Lipinski definition) is 5. The molecule has 0 bridgehead atoms. The van der Waals surface area contributed by atoms with Crippen LogP contribution in [0, 0.1) is 16.0 Å². The summed E-state index contributed by atoms with van der Waals surface area (Å²) in [6.45, 7) is 4.29. The molecule has 8 heteroatoms. The van der Waals surface area contributed by atoms with Gasteiger partial charge in [-0.05, 0) is 50.2 Å². The number of nitrogens with zero attached hydrogens (tertiary/aromatic N) is 4. The van der Waals surface area contributed by atoms with Gasteiger partial charge >= 0.3 is 0 Å². The Balaban J connectivity index is 1.40. The van der Waals surface area contributed by atoms with E-state index >= 15 is 0 Å². The molecular weight excluding hydrogens is 396 g/mol. The number of non-ortho nitro benzene ring substituents is 1. The number of hydrogen-bond donors (Lipinski definition) is 0. The lowest BCUT2D eigenvalue weighted by Crippen LogP contribution is -2.59. The molecule has 1 aromatic rings. The van der Waals surface area contributed by atoms with Crippen LogP contribution >= 0.6 is 0 Å². The molecule has 8 nitrogen and oxygen atoms in total. The third kappa shape index (κ3) is 4.89. The highest BCUT2D eigenvalue weighted by atomic mass is 16.6. The number of piperazine rings is 1. The van der Waals surface area contributed by atoms with Crippen LogP contribution in [0.2, 0.25) is 0 Å². The van der Waals surface area contributed by atoms with Crippen molar-refractivity contribution in [1.29, 1.82) is 0 Å². The van der Waals surface area contributed by atoms with Gasteiger partial charge in [-0.3, -0.25) is 24.6 Å². The Kier molecular flexibility index (Phi) is 6.85. The van der Waals surface area contributed by atoms with Gasteiger partial charge in [0.2, 0.25) is 5.91 Å². The smallest absolute Gasteiger partial charge is 0.269 e. The molecule has 1 saturated carbocycles. The van der Waals surface area contributed by atoms with Crippen LogP contribution in [0.15, 0.2) is 24.3 Å². The number of carbonyl (C=O) groups excluding carboxylic acids is 2. The van der Waals surface area contributed by atoms with Gasteiger partial charge in [0.1, 0.15) is 0 Å². The van der Waals surface area contributed by atoms with Crippen LogP contribution in [0.5, 0.6) is 0 Å². The fraction of sp³-hybridized carbons (Fsp3) is 0.652. The van der Waals surface area contributed by atoms with Crippen molar-refractivity contribution in [3.63, 3.8) is 0 Å². The zero-order valence-corrected chi connectivity index (χ0v) is 18.1. The lowest BCUT2D eigenvalue weighted by atomic mass is 9.93. The molecule has 2 saturated heterocycles. The number of likely N-dealkylation sites (tertiary alicyclic amines) is 1. The minimum absolute atomic E-state index is 0.0167. The number of nitro benzene ring substituents is 1. The van der Waals surface area contributed by atoms with E-state index in [-0.39, 0.29) is 17.6 Å². The van der Waals surface area contributed by atoms with E-state index < -0.39 is 4.92 Å². The second kappa shape index (κ2) is 9.77. The standard InChI is InChI=1S/C23H32N4O4/c28-22(19-8-10-20(11-9-19)27(30)31)26-16-14-24(15-17-26)21(18-6-2-3-7-18)23(29)25-12-4-1-5-13-25/h8-11,18,21H,1-7,12-17H2/t21-/m1/s1. The summed E-state index contributed by atoms with van der Waals surface area (Å²) in [6.07, 6.45) is 8.04. The zero-order valence-electron chi connectivity index (χ0n) is 18.1. The molecule has 1 aliphatic carbocycles. The van der Waals surface area contributed by atoms with E-state index in [1.165, 1.54) is 43.5 Å². The van der Waals surface area contributed by atoms with E-state index in [9.17, 15) is 19.7 Å². The van der Waals surface area contributed by atoms with Crippen LogP contribution in [0.25, 0.3) is 0 Å². The Hall–Kier alpha value is -2.48. The highest BCUT2D eigenvalue weighted by Gasteiger charge is 2.39. The van der Waals surface area contributed by atoms with Crippen LogP contribution in [0.1, 0.15) is 55.3 Å². The van der Waals surface area contributed by atoms with E-state index in [1.807, 2.05) is 0 Å². The highest BCUT2D eigenvalue weighted by molar-refractivity contribution is 5.94. The van der Waals surface area contributed by atoms with Crippen molar-refractivity contribution < 1.29 is 14.5 Å². The summed E-state index contributed by atoms with van der Waals surface area (Å²) in [6, 6.07) is 5.73. The van der Waals surface area contributed by atoms with Crippen LogP contribution in [-0.4, -0.2) is 76.7 Å². The van der Waals surface area contributed by atoms with Crippen molar-refractivity contribution in [2.24, 2.45) is 5.92 Å².